The van der Waals surface area contributed by atoms with Crippen LogP contribution in [-0.4, -0.2) is 13.1 Å². The van der Waals surface area contributed by atoms with Crippen molar-refractivity contribution in [1.82, 2.24) is 0 Å². The molecular formula is C15H22N2. The van der Waals surface area contributed by atoms with Crippen molar-refractivity contribution in [2.24, 2.45) is 35.1 Å². The standard InChI is InChI=1S/C15H22N2/c16-8-12-6-11-7-13(12)15(14(11)9-17)10-4-2-1-3-5-10/h1-5,11-15H,6-9,16-17H2. The number of hydrogen-bond donors (Lipinski definition) is 2. The number of fused-ring (bicyclic) bond motifs is 2. The van der Waals surface area contributed by atoms with Crippen molar-refractivity contribution in [1.29, 1.82) is 0 Å². The second-order valence-corrected chi connectivity index (χ2v) is 5.73. The monoisotopic (exact) mass is 230 g/mol. The number of nitrogens with two attached hydrogens (primary N) is 2. The van der Waals surface area contributed by atoms with Crippen molar-refractivity contribution in [3.05, 3.63) is 35.9 Å². The Bertz CT molecular complexity index is 376. The highest BCUT2D eigenvalue weighted by atomic mass is 14.7. The summed E-state index contributed by atoms with van der Waals surface area (Å²) in [4.78, 5) is 0. The van der Waals surface area contributed by atoms with Crippen LogP contribution >= 0.6 is 0 Å². The molecule has 2 fully saturated rings. The van der Waals surface area contributed by atoms with E-state index in [0.29, 0.717) is 11.8 Å². The van der Waals surface area contributed by atoms with Gasteiger partial charge in [-0.1, -0.05) is 30.3 Å². The van der Waals surface area contributed by atoms with Gasteiger partial charge in [0.15, 0.2) is 0 Å². The van der Waals surface area contributed by atoms with Gasteiger partial charge in [-0.25, -0.2) is 0 Å². The maximum atomic E-state index is 6.00. The zero-order chi connectivity index (χ0) is 11.8. The Morgan fingerprint density at radius 3 is 2.41 bits per heavy atom. The fraction of sp³-hybridized carbons (Fsp3) is 0.600. The molecule has 17 heavy (non-hydrogen) atoms. The van der Waals surface area contributed by atoms with Gasteiger partial charge in [0.25, 0.3) is 0 Å². The number of rotatable bonds is 3. The molecule has 0 aromatic heterocycles. The lowest BCUT2D eigenvalue weighted by molar-refractivity contribution is 0.227. The summed E-state index contributed by atoms with van der Waals surface area (Å²) in [5.74, 6) is 3.68. The Kier molecular flexibility index (Phi) is 2.93. The van der Waals surface area contributed by atoms with E-state index >= 15 is 0 Å². The van der Waals surface area contributed by atoms with E-state index in [1.165, 1.54) is 18.4 Å². The van der Waals surface area contributed by atoms with Crippen molar-refractivity contribution in [2.75, 3.05) is 13.1 Å². The first kappa shape index (κ1) is 11.2. The number of benzene rings is 1. The molecule has 2 nitrogen and oxygen atoms in total. The van der Waals surface area contributed by atoms with Gasteiger partial charge >= 0.3 is 0 Å². The molecule has 0 amide bonds. The van der Waals surface area contributed by atoms with Crippen molar-refractivity contribution in [3.8, 4) is 0 Å². The van der Waals surface area contributed by atoms with Crippen LogP contribution in [0.5, 0.6) is 0 Å². The van der Waals surface area contributed by atoms with Crippen LogP contribution in [0.1, 0.15) is 24.3 Å². The first-order valence-corrected chi connectivity index (χ1v) is 6.80. The second-order valence-electron chi connectivity index (χ2n) is 5.73. The minimum atomic E-state index is 0.661. The predicted octanol–water partition coefficient (Wildman–Crippen LogP) is 1.96. The molecule has 2 aliphatic rings. The first-order valence-electron chi connectivity index (χ1n) is 6.80. The summed E-state index contributed by atoms with van der Waals surface area (Å²) in [6, 6.07) is 10.9. The van der Waals surface area contributed by atoms with Crippen molar-refractivity contribution in [2.45, 2.75) is 18.8 Å². The molecule has 4 N–H and O–H groups in total. The van der Waals surface area contributed by atoms with Crippen LogP contribution < -0.4 is 11.5 Å². The molecule has 1 aromatic rings. The largest absolute Gasteiger partial charge is 0.330 e. The molecule has 0 saturated heterocycles. The average molecular weight is 230 g/mol. The average Bonchev–Trinajstić information content (AvgIpc) is 2.96. The van der Waals surface area contributed by atoms with Gasteiger partial charge in [0.05, 0.1) is 0 Å². The molecule has 92 valence electrons. The van der Waals surface area contributed by atoms with Crippen molar-refractivity contribution >= 4 is 0 Å². The van der Waals surface area contributed by atoms with Gasteiger partial charge in [0, 0.05) is 0 Å². The van der Waals surface area contributed by atoms with Gasteiger partial charge in [-0.15, -0.1) is 0 Å². The third-order valence-corrected chi connectivity index (χ3v) is 5.07. The molecule has 2 aliphatic carbocycles. The summed E-state index contributed by atoms with van der Waals surface area (Å²) >= 11 is 0. The van der Waals surface area contributed by atoms with E-state index < -0.39 is 0 Å². The van der Waals surface area contributed by atoms with Gasteiger partial charge in [-0.2, -0.15) is 0 Å². The van der Waals surface area contributed by atoms with Gasteiger partial charge < -0.3 is 11.5 Å². The topological polar surface area (TPSA) is 52.0 Å². The highest BCUT2D eigenvalue weighted by molar-refractivity contribution is 5.25. The lowest BCUT2D eigenvalue weighted by Crippen LogP contribution is -2.34. The first-order chi connectivity index (χ1) is 8.35. The fourth-order valence-electron chi connectivity index (χ4n) is 4.38. The van der Waals surface area contributed by atoms with E-state index in [1.807, 2.05) is 0 Å². The SMILES string of the molecule is NCC1CC2CC1C(c1ccccc1)C2CN. The highest BCUT2D eigenvalue weighted by Gasteiger charge is 2.51. The molecule has 3 rings (SSSR count). The Balaban J connectivity index is 1.91. The molecular weight excluding hydrogens is 208 g/mol. The Morgan fingerprint density at radius 1 is 1.00 bits per heavy atom. The van der Waals surface area contributed by atoms with Crippen LogP contribution in [0.2, 0.25) is 0 Å². The second kappa shape index (κ2) is 4.43. The molecule has 0 aliphatic heterocycles. The smallest absolute Gasteiger partial charge is 0.00403 e. The molecule has 2 saturated carbocycles. The zero-order valence-corrected chi connectivity index (χ0v) is 10.3. The summed E-state index contributed by atoms with van der Waals surface area (Å²) in [5, 5.41) is 0. The number of hydrogen-bond acceptors (Lipinski definition) is 2. The van der Waals surface area contributed by atoms with Crippen LogP contribution in [0, 0.1) is 23.7 Å². The summed E-state index contributed by atoms with van der Waals surface area (Å²) in [7, 11) is 0. The Morgan fingerprint density at radius 2 is 1.76 bits per heavy atom. The van der Waals surface area contributed by atoms with E-state index in [2.05, 4.69) is 30.3 Å². The lowest BCUT2D eigenvalue weighted by Gasteiger charge is -2.35. The van der Waals surface area contributed by atoms with Crippen LogP contribution in [-0.2, 0) is 0 Å². The van der Waals surface area contributed by atoms with Gasteiger partial charge in [0.1, 0.15) is 0 Å². The molecule has 2 heteroatoms. The van der Waals surface area contributed by atoms with E-state index in [0.717, 1.165) is 30.8 Å². The predicted molar refractivity (Wildman–Crippen MR) is 70.5 cm³/mol. The van der Waals surface area contributed by atoms with Gasteiger partial charge in [-0.05, 0) is 61.1 Å². The minimum Gasteiger partial charge on any atom is -0.330 e. The van der Waals surface area contributed by atoms with Crippen LogP contribution in [0.25, 0.3) is 0 Å². The molecule has 0 heterocycles. The molecule has 5 unspecified atom stereocenters. The van der Waals surface area contributed by atoms with E-state index in [9.17, 15) is 0 Å². The molecule has 5 atom stereocenters. The summed E-state index contributed by atoms with van der Waals surface area (Å²) in [6.07, 6.45) is 2.66. The summed E-state index contributed by atoms with van der Waals surface area (Å²) in [6.45, 7) is 1.68. The maximum Gasteiger partial charge on any atom is -0.00403 e. The van der Waals surface area contributed by atoms with Crippen molar-refractivity contribution in [3.63, 3.8) is 0 Å². The fourth-order valence-corrected chi connectivity index (χ4v) is 4.38. The van der Waals surface area contributed by atoms with Gasteiger partial charge in [-0.3, -0.25) is 0 Å². The third-order valence-electron chi connectivity index (χ3n) is 5.07. The Labute approximate surface area is 103 Å². The van der Waals surface area contributed by atoms with E-state index in [-0.39, 0.29) is 0 Å². The molecule has 0 spiro atoms. The third kappa shape index (κ3) is 1.71. The van der Waals surface area contributed by atoms with Crippen molar-refractivity contribution < 1.29 is 0 Å². The van der Waals surface area contributed by atoms with Crippen LogP contribution in [0.15, 0.2) is 30.3 Å². The highest BCUT2D eigenvalue weighted by Crippen LogP contribution is 2.58. The molecule has 1 aromatic carbocycles. The lowest BCUT2D eigenvalue weighted by atomic mass is 9.71. The van der Waals surface area contributed by atoms with Crippen LogP contribution in [0.4, 0.5) is 0 Å². The normalized spacial score (nSPS) is 39.8. The van der Waals surface area contributed by atoms with E-state index in [4.69, 9.17) is 11.5 Å². The quantitative estimate of drug-likeness (QED) is 0.834. The maximum absolute atomic E-state index is 6.00. The zero-order valence-electron chi connectivity index (χ0n) is 10.3. The Hall–Kier alpha value is -0.860. The molecule has 2 bridgehead atoms. The van der Waals surface area contributed by atoms with Crippen LogP contribution in [0.3, 0.4) is 0 Å². The van der Waals surface area contributed by atoms with Gasteiger partial charge in [0.2, 0.25) is 0 Å². The summed E-state index contributed by atoms with van der Waals surface area (Å²) in [5.41, 5.74) is 13.4. The van der Waals surface area contributed by atoms with E-state index in [1.54, 1.807) is 0 Å². The summed E-state index contributed by atoms with van der Waals surface area (Å²) < 4.78 is 0. The minimum absolute atomic E-state index is 0.661. The molecule has 0 radical (unpaired) electrons.